The maximum atomic E-state index is 9.16. The Bertz CT molecular complexity index is 464. The van der Waals surface area contributed by atoms with Gasteiger partial charge >= 0.3 is 0 Å². The standard InChI is InChI=1S/C10H9BrO2S/c1-13-10-8(5-12)14-7-4-2-3-6(11)9(7)10/h2-4,12H,5H2,1H3. The maximum absolute atomic E-state index is 9.16. The van der Waals surface area contributed by atoms with Crippen molar-refractivity contribution in [1.82, 2.24) is 0 Å². The molecule has 2 nitrogen and oxygen atoms in total. The molecule has 2 rings (SSSR count). The summed E-state index contributed by atoms with van der Waals surface area (Å²) >= 11 is 5.03. The molecule has 2 aromatic rings. The number of aliphatic hydroxyl groups excluding tert-OH is 1. The van der Waals surface area contributed by atoms with Gasteiger partial charge in [-0.15, -0.1) is 11.3 Å². The summed E-state index contributed by atoms with van der Waals surface area (Å²) in [6.07, 6.45) is 0. The van der Waals surface area contributed by atoms with Crippen molar-refractivity contribution >= 4 is 37.4 Å². The van der Waals surface area contributed by atoms with Crippen LogP contribution in [0.5, 0.6) is 5.75 Å². The van der Waals surface area contributed by atoms with Crippen LogP contribution in [0.2, 0.25) is 0 Å². The number of benzene rings is 1. The molecule has 0 aliphatic carbocycles. The highest BCUT2D eigenvalue weighted by Gasteiger charge is 2.13. The number of methoxy groups -OCH3 is 1. The molecular formula is C10H9BrO2S. The van der Waals surface area contributed by atoms with Gasteiger partial charge in [-0.2, -0.15) is 0 Å². The van der Waals surface area contributed by atoms with E-state index in [1.807, 2.05) is 18.2 Å². The van der Waals surface area contributed by atoms with Crippen LogP contribution in [0.4, 0.5) is 0 Å². The molecule has 0 saturated heterocycles. The van der Waals surface area contributed by atoms with Crippen LogP contribution in [0, 0.1) is 0 Å². The van der Waals surface area contributed by atoms with Crippen LogP contribution in [0.25, 0.3) is 10.1 Å². The first-order valence-corrected chi connectivity index (χ1v) is 5.73. The lowest BCUT2D eigenvalue weighted by Gasteiger charge is -2.01. The highest BCUT2D eigenvalue weighted by Crippen LogP contribution is 2.41. The fourth-order valence-corrected chi connectivity index (χ4v) is 3.19. The molecule has 0 saturated carbocycles. The second kappa shape index (κ2) is 3.88. The zero-order valence-corrected chi connectivity index (χ0v) is 9.98. The Morgan fingerprint density at radius 3 is 2.93 bits per heavy atom. The second-order valence-corrected chi connectivity index (χ2v) is 4.82. The van der Waals surface area contributed by atoms with E-state index >= 15 is 0 Å². The zero-order valence-electron chi connectivity index (χ0n) is 7.58. The summed E-state index contributed by atoms with van der Waals surface area (Å²) in [6, 6.07) is 5.97. The van der Waals surface area contributed by atoms with E-state index in [9.17, 15) is 0 Å². The van der Waals surface area contributed by atoms with Gasteiger partial charge in [0.2, 0.25) is 0 Å². The molecule has 0 aliphatic heterocycles. The predicted octanol–water partition coefficient (Wildman–Crippen LogP) is 3.16. The molecule has 0 fully saturated rings. The lowest BCUT2D eigenvalue weighted by molar-refractivity contribution is 0.278. The average Bonchev–Trinajstić information content (AvgIpc) is 2.56. The van der Waals surface area contributed by atoms with Crippen LogP contribution >= 0.6 is 27.3 Å². The second-order valence-electron chi connectivity index (χ2n) is 2.83. The summed E-state index contributed by atoms with van der Waals surface area (Å²) in [6.45, 7) is 0.0228. The Balaban J connectivity index is 2.81. The zero-order chi connectivity index (χ0) is 10.1. The summed E-state index contributed by atoms with van der Waals surface area (Å²) in [5, 5.41) is 10.2. The van der Waals surface area contributed by atoms with Crippen molar-refractivity contribution in [2.45, 2.75) is 6.61 Å². The molecule has 1 aromatic heterocycles. The molecular weight excluding hydrogens is 264 g/mol. The molecule has 0 bridgehead atoms. The minimum Gasteiger partial charge on any atom is -0.495 e. The highest BCUT2D eigenvalue weighted by molar-refractivity contribution is 9.10. The molecule has 0 amide bonds. The molecule has 1 aromatic carbocycles. The smallest absolute Gasteiger partial charge is 0.144 e. The first kappa shape index (κ1) is 9.96. The molecule has 0 radical (unpaired) electrons. The Morgan fingerprint density at radius 1 is 1.50 bits per heavy atom. The van der Waals surface area contributed by atoms with Gasteiger partial charge in [-0.1, -0.05) is 6.07 Å². The number of thiophene rings is 1. The average molecular weight is 273 g/mol. The number of rotatable bonds is 2. The van der Waals surface area contributed by atoms with E-state index in [4.69, 9.17) is 9.84 Å². The van der Waals surface area contributed by atoms with Crippen molar-refractivity contribution in [3.05, 3.63) is 27.5 Å². The third-order valence-electron chi connectivity index (χ3n) is 2.04. The van der Waals surface area contributed by atoms with E-state index < -0.39 is 0 Å². The number of halogens is 1. The minimum absolute atomic E-state index is 0.0228. The fourth-order valence-electron chi connectivity index (χ4n) is 1.45. The van der Waals surface area contributed by atoms with E-state index in [1.54, 1.807) is 18.4 Å². The Hall–Kier alpha value is -0.580. The first-order chi connectivity index (χ1) is 6.77. The van der Waals surface area contributed by atoms with Crippen LogP contribution in [0.3, 0.4) is 0 Å². The lowest BCUT2D eigenvalue weighted by Crippen LogP contribution is -1.86. The third kappa shape index (κ3) is 1.43. The summed E-state index contributed by atoms with van der Waals surface area (Å²) in [7, 11) is 1.63. The van der Waals surface area contributed by atoms with Crippen molar-refractivity contribution < 1.29 is 9.84 Å². The van der Waals surface area contributed by atoms with Crippen LogP contribution < -0.4 is 4.74 Å². The Morgan fingerprint density at radius 2 is 2.29 bits per heavy atom. The quantitative estimate of drug-likeness (QED) is 0.910. The lowest BCUT2D eigenvalue weighted by atomic mass is 10.2. The van der Waals surface area contributed by atoms with Crippen LogP contribution in [-0.2, 0) is 6.61 Å². The number of aliphatic hydroxyl groups is 1. The Labute approximate surface area is 94.3 Å². The molecule has 14 heavy (non-hydrogen) atoms. The van der Waals surface area contributed by atoms with Crippen molar-refractivity contribution in [2.75, 3.05) is 7.11 Å². The number of hydrogen-bond acceptors (Lipinski definition) is 3. The largest absolute Gasteiger partial charge is 0.495 e. The van der Waals surface area contributed by atoms with Gasteiger partial charge in [0.25, 0.3) is 0 Å². The minimum atomic E-state index is 0.0228. The maximum Gasteiger partial charge on any atom is 0.144 e. The summed E-state index contributed by atoms with van der Waals surface area (Å²) in [4.78, 5) is 0.870. The van der Waals surface area contributed by atoms with Gasteiger partial charge < -0.3 is 9.84 Å². The molecule has 0 aliphatic rings. The fraction of sp³-hybridized carbons (Fsp3) is 0.200. The molecule has 74 valence electrons. The van der Waals surface area contributed by atoms with E-state index in [0.29, 0.717) is 0 Å². The van der Waals surface area contributed by atoms with E-state index in [2.05, 4.69) is 15.9 Å². The van der Waals surface area contributed by atoms with E-state index in [1.165, 1.54) is 0 Å². The molecule has 0 spiro atoms. The van der Waals surface area contributed by atoms with Crippen LogP contribution in [0.15, 0.2) is 22.7 Å². The van der Waals surface area contributed by atoms with Gasteiger partial charge in [-0.05, 0) is 28.1 Å². The SMILES string of the molecule is COc1c(CO)sc2cccc(Br)c12. The van der Waals surface area contributed by atoms with Gasteiger partial charge in [0.15, 0.2) is 0 Å². The third-order valence-corrected chi connectivity index (χ3v) is 3.82. The number of fused-ring (bicyclic) bond motifs is 1. The molecule has 1 N–H and O–H groups in total. The summed E-state index contributed by atoms with van der Waals surface area (Å²) in [5.74, 6) is 0.778. The van der Waals surface area contributed by atoms with Gasteiger partial charge in [0.05, 0.1) is 18.6 Å². The topological polar surface area (TPSA) is 29.5 Å². The van der Waals surface area contributed by atoms with Gasteiger partial charge in [-0.25, -0.2) is 0 Å². The number of ether oxygens (including phenoxy) is 1. The molecule has 1 heterocycles. The summed E-state index contributed by atoms with van der Waals surface area (Å²) < 4.78 is 7.42. The van der Waals surface area contributed by atoms with Crippen molar-refractivity contribution in [3.63, 3.8) is 0 Å². The predicted molar refractivity (Wildman–Crippen MR) is 62.0 cm³/mol. The van der Waals surface area contributed by atoms with Crippen molar-refractivity contribution in [2.24, 2.45) is 0 Å². The van der Waals surface area contributed by atoms with E-state index in [-0.39, 0.29) is 6.61 Å². The van der Waals surface area contributed by atoms with Gasteiger partial charge in [-0.3, -0.25) is 0 Å². The van der Waals surface area contributed by atoms with E-state index in [0.717, 1.165) is 25.2 Å². The first-order valence-electron chi connectivity index (χ1n) is 4.12. The van der Waals surface area contributed by atoms with Crippen LogP contribution in [0.1, 0.15) is 4.88 Å². The summed E-state index contributed by atoms with van der Waals surface area (Å²) in [5.41, 5.74) is 0. The van der Waals surface area contributed by atoms with Crippen molar-refractivity contribution in [3.8, 4) is 5.75 Å². The number of hydrogen-bond donors (Lipinski definition) is 1. The highest BCUT2D eigenvalue weighted by atomic mass is 79.9. The normalized spacial score (nSPS) is 10.8. The molecule has 0 unspecified atom stereocenters. The molecule has 0 atom stereocenters. The van der Waals surface area contributed by atoms with Crippen LogP contribution in [-0.4, -0.2) is 12.2 Å². The molecule has 4 heteroatoms. The van der Waals surface area contributed by atoms with Gasteiger partial charge in [0, 0.05) is 14.6 Å². The monoisotopic (exact) mass is 272 g/mol. The Kier molecular flexibility index (Phi) is 2.76. The van der Waals surface area contributed by atoms with Crippen molar-refractivity contribution in [1.29, 1.82) is 0 Å². The van der Waals surface area contributed by atoms with Gasteiger partial charge in [0.1, 0.15) is 5.75 Å².